The summed E-state index contributed by atoms with van der Waals surface area (Å²) < 4.78 is 9.48. The second-order valence-corrected chi connectivity index (χ2v) is 3.04. The Morgan fingerprint density at radius 1 is 1.09 bits per heavy atom. The maximum Gasteiger partial charge on any atom is 0.130 e. The van der Waals surface area contributed by atoms with Crippen LogP contribution in [0.25, 0.3) is 0 Å². The molecule has 0 aromatic heterocycles. The van der Waals surface area contributed by atoms with Gasteiger partial charge in [0, 0.05) is 14.2 Å². The summed E-state index contributed by atoms with van der Waals surface area (Å²) in [7, 11) is 5.73. The molecule has 4 heteroatoms. The van der Waals surface area contributed by atoms with Crippen molar-refractivity contribution < 1.29 is 9.47 Å². The minimum Gasteiger partial charge on any atom is -0.361 e. The molecule has 0 aliphatic heterocycles. The first-order valence-corrected chi connectivity index (χ1v) is 5.10. The fraction of sp³-hybridized carbons (Fsp3) is 1.00. The van der Waals surface area contributed by atoms with E-state index in [1.54, 1.807) is 14.2 Å². The predicted octanol–water partition coefficient (Wildman–Crippen LogP) is -0.327. The molecule has 2 N–H and O–H groups in total. The molecule has 0 radical (unpaired) electrons. The van der Waals surface area contributed by atoms with Crippen LogP contribution in [0.4, 0.5) is 0 Å². The molecular formula is C7H21NO2Si. The molecule has 3 nitrogen and oxygen atoms in total. The molecule has 0 amide bonds. The van der Waals surface area contributed by atoms with Crippen molar-refractivity contribution in [3.8, 4) is 0 Å². The molecule has 0 spiro atoms. The maximum atomic E-state index is 4.74. The number of nitrogens with two attached hydrogens (primary N) is 1. The van der Waals surface area contributed by atoms with E-state index in [1.807, 2.05) is 0 Å². The van der Waals surface area contributed by atoms with Crippen LogP contribution < -0.4 is 5.73 Å². The molecule has 11 heavy (non-hydrogen) atoms. The number of hydrogen-bond acceptors (Lipinski definition) is 3. The Labute approximate surface area is 72.7 Å². The molecule has 0 aromatic rings. The van der Waals surface area contributed by atoms with Crippen molar-refractivity contribution in [1.29, 1.82) is 0 Å². The van der Waals surface area contributed by atoms with Gasteiger partial charge in [-0.2, -0.15) is 0 Å². The lowest BCUT2D eigenvalue weighted by atomic mass is 11.0. The zero-order chi connectivity index (χ0) is 9.11. The topological polar surface area (TPSA) is 44.5 Å². The summed E-state index contributed by atoms with van der Waals surface area (Å²) in [6.45, 7) is 0. The van der Waals surface area contributed by atoms with Crippen LogP contribution in [-0.2, 0) is 9.47 Å². The summed E-state index contributed by atoms with van der Waals surface area (Å²) >= 11 is 0. The highest BCUT2D eigenvalue weighted by Gasteiger charge is 1.95. The average Bonchev–Trinajstić information content (AvgIpc) is 2.93. The van der Waals surface area contributed by atoms with Crippen molar-refractivity contribution in [3.05, 3.63) is 0 Å². The Bertz CT molecular complexity index is 55.6. The van der Waals surface area contributed by atoms with Crippen LogP contribution in [0.5, 0.6) is 0 Å². The van der Waals surface area contributed by atoms with Crippen molar-refractivity contribution in [1.82, 2.24) is 0 Å². The van der Waals surface area contributed by atoms with Crippen molar-refractivity contribution in [2.24, 2.45) is 5.73 Å². The highest BCUT2D eigenvalue weighted by molar-refractivity contribution is 6.09. The van der Waals surface area contributed by atoms with Crippen LogP contribution in [0.3, 0.4) is 0 Å². The van der Waals surface area contributed by atoms with Gasteiger partial charge in [-0.1, -0.05) is 19.3 Å². The number of ether oxygens (including phenoxy) is 2. The first kappa shape index (κ1) is 13.7. The summed E-state index contributed by atoms with van der Waals surface area (Å²) in [4.78, 5) is 0. The van der Waals surface area contributed by atoms with Crippen LogP contribution in [-0.4, -0.2) is 37.4 Å². The molecule has 0 bridgehead atoms. The van der Waals surface area contributed by atoms with Crippen molar-refractivity contribution >= 4 is 10.2 Å². The third-order valence-corrected chi connectivity index (χ3v) is 1.96. The largest absolute Gasteiger partial charge is 0.361 e. The van der Waals surface area contributed by atoms with Gasteiger partial charge in [0.25, 0.3) is 0 Å². The van der Waals surface area contributed by atoms with Crippen molar-refractivity contribution in [2.75, 3.05) is 21.3 Å². The Hall–Kier alpha value is 0.0969. The lowest BCUT2D eigenvalue weighted by Crippen LogP contribution is -2.11. The number of hydrogen-bond donors (Lipinski definition) is 1. The summed E-state index contributed by atoms with van der Waals surface area (Å²) in [6, 6.07) is 0. The second-order valence-electron chi connectivity index (χ2n) is 2.10. The monoisotopic (exact) mass is 179 g/mol. The maximum absolute atomic E-state index is 4.74. The van der Waals surface area contributed by atoms with E-state index in [9.17, 15) is 0 Å². The van der Waals surface area contributed by atoms with Gasteiger partial charge in [-0.25, -0.2) is 0 Å². The zero-order valence-corrected chi connectivity index (χ0v) is 10.1. The lowest BCUT2D eigenvalue weighted by Gasteiger charge is -2.03. The zero-order valence-electron chi connectivity index (χ0n) is 8.09. The standard InChI is InChI=1S/C3H10O2Si.C3H6.CH5N/c1-4-3(6)5-2;1-2-3-1;1-2/h3H,1-2,6H3;1-3H2;2H2,1H3. The molecule has 0 unspecified atom stereocenters. The first-order chi connectivity index (χ1) is 5.31. The first-order valence-electron chi connectivity index (χ1n) is 3.94. The number of rotatable bonds is 2. The highest BCUT2D eigenvalue weighted by Crippen LogP contribution is 2.14. The van der Waals surface area contributed by atoms with Crippen LogP contribution in [0.2, 0.25) is 0 Å². The molecule has 1 saturated carbocycles. The fourth-order valence-corrected chi connectivity index (χ4v) is 0.0962. The van der Waals surface area contributed by atoms with Gasteiger partial charge < -0.3 is 15.2 Å². The highest BCUT2D eigenvalue weighted by atomic mass is 28.1. The van der Waals surface area contributed by atoms with Gasteiger partial charge in [0.05, 0.1) is 10.2 Å². The van der Waals surface area contributed by atoms with Gasteiger partial charge in [0.15, 0.2) is 0 Å². The minimum atomic E-state index is 0.0741. The van der Waals surface area contributed by atoms with E-state index in [0.29, 0.717) is 0 Å². The average molecular weight is 179 g/mol. The molecule has 1 rings (SSSR count). The lowest BCUT2D eigenvalue weighted by molar-refractivity contribution is -0.0411. The van der Waals surface area contributed by atoms with Crippen LogP contribution >= 0.6 is 0 Å². The summed E-state index contributed by atoms with van der Waals surface area (Å²) in [6.07, 6.45) is 4.50. The van der Waals surface area contributed by atoms with Gasteiger partial charge in [-0.05, 0) is 7.05 Å². The molecule has 0 heterocycles. The summed E-state index contributed by atoms with van der Waals surface area (Å²) in [5.41, 5.74) is 4.50. The predicted molar refractivity (Wildman–Crippen MR) is 51.7 cm³/mol. The van der Waals surface area contributed by atoms with Crippen molar-refractivity contribution in [2.45, 2.75) is 25.2 Å². The molecular weight excluding hydrogens is 158 g/mol. The van der Waals surface area contributed by atoms with Gasteiger partial charge in [0.1, 0.15) is 5.91 Å². The SMILES string of the molecule is C1CC1.CN.COC([SiH3])OC. The third kappa shape index (κ3) is 25.5. The minimum absolute atomic E-state index is 0.0741. The molecule has 0 aromatic carbocycles. The normalized spacial score (nSPS) is 12.8. The quantitative estimate of drug-likeness (QED) is 0.466. The van der Waals surface area contributed by atoms with Crippen LogP contribution in [0.15, 0.2) is 0 Å². The van der Waals surface area contributed by atoms with Gasteiger partial charge >= 0.3 is 0 Å². The second kappa shape index (κ2) is 12.7. The summed E-state index contributed by atoms with van der Waals surface area (Å²) in [5, 5.41) is 0. The van der Waals surface area contributed by atoms with E-state index < -0.39 is 0 Å². The Morgan fingerprint density at radius 3 is 1.36 bits per heavy atom. The fourth-order valence-electron chi connectivity index (χ4n) is 0.0962. The Kier molecular flexibility index (Phi) is 15.8. The van der Waals surface area contributed by atoms with Crippen molar-refractivity contribution in [3.63, 3.8) is 0 Å². The molecule has 0 saturated heterocycles. The van der Waals surface area contributed by atoms with E-state index in [2.05, 4.69) is 5.73 Å². The molecule has 1 fully saturated rings. The van der Waals surface area contributed by atoms with Gasteiger partial charge in [0.2, 0.25) is 0 Å². The Morgan fingerprint density at radius 2 is 1.36 bits per heavy atom. The van der Waals surface area contributed by atoms with E-state index in [-0.39, 0.29) is 5.91 Å². The number of methoxy groups -OCH3 is 2. The van der Waals surface area contributed by atoms with Gasteiger partial charge in [-0.15, -0.1) is 0 Å². The van der Waals surface area contributed by atoms with Crippen LogP contribution in [0, 0.1) is 0 Å². The molecule has 1 aliphatic rings. The van der Waals surface area contributed by atoms with Gasteiger partial charge in [-0.3, -0.25) is 0 Å². The smallest absolute Gasteiger partial charge is 0.130 e. The Balaban J connectivity index is 0. The van der Waals surface area contributed by atoms with E-state index in [0.717, 1.165) is 10.2 Å². The molecule has 1 aliphatic carbocycles. The van der Waals surface area contributed by atoms with E-state index >= 15 is 0 Å². The van der Waals surface area contributed by atoms with E-state index in [4.69, 9.17) is 9.47 Å². The van der Waals surface area contributed by atoms with Crippen LogP contribution in [0.1, 0.15) is 19.3 Å². The van der Waals surface area contributed by atoms with E-state index in [1.165, 1.54) is 26.3 Å². The third-order valence-electron chi connectivity index (χ3n) is 1.02. The molecule has 0 atom stereocenters. The summed E-state index contributed by atoms with van der Waals surface area (Å²) in [5.74, 6) is 0.0741. The molecule has 70 valence electrons.